The van der Waals surface area contributed by atoms with Crippen molar-refractivity contribution in [3.05, 3.63) is 29.8 Å². The third kappa shape index (κ3) is 3.62. The maximum absolute atomic E-state index is 10.6. The Labute approximate surface area is 147 Å². The van der Waals surface area contributed by atoms with Crippen molar-refractivity contribution in [3.63, 3.8) is 0 Å². The molecule has 0 atom stereocenters. The number of hydrogen-bond acceptors (Lipinski definition) is 3. The number of benzene rings is 1. The monoisotopic (exact) mass is 331 g/mol. The lowest BCUT2D eigenvalue weighted by molar-refractivity contribution is -0.0766. The first-order valence-corrected chi connectivity index (χ1v) is 9.32. The van der Waals surface area contributed by atoms with Gasteiger partial charge in [-0.25, -0.2) is 0 Å². The average molecular weight is 332 g/mol. The topological polar surface area (TPSA) is 32.7 Å². The van der Waals surface area contributed by atoms with E-state index in [0.717, 1.165) is 38.8 Å². The van der Waals surface area contributed by atoms with Crippen LogP contribution in [0.1, 0.15) is 58.4 Å². The van der Waals surface area contributed by atoms with Crippen LogP contribution in [0, 0.1) is 5.41 Å². The van der Waals surface area contributed by atoms with Crippen LogP contribution in [0.15, 0.2) is 24.3 Å². The molecule has 0 bridgehead atoms. The van der Waals surface area contributed by atoms with Gasteiger partial charge in [0.05, 0.1) is 12.2 Å². The van der Waals surface area contributed by atoms with E-state index in [0.29, 0.717) is 12.0 Å². The summed E-state index contributed by atoms with van der Waals surface area (Å²) < 4.78 is 5.20. The van der Waals surface area contributed by atoms with E-state index in [1.807, 2.05) is 0 Å². The highest BCUT2D eigenvalue weighted by Gasteiger charge is 2.45. The molecule has 3 heteroatoms. The van der Waals surface area contributed by atoms with Crippen LogP contribution in [0.5, 0.6) is 0 Å². The summed E-state index contributed by atoms with van der Waals surface area (Å²) in [6, 6.07) is 9.12. The van der Waals surface area contributed by atoms with E-state index < -0.39 is 5.60 Å². The molecule has 0 amide bonds. The van der Waals surface area contributed by atoms with Gasteiger partial charge in [0.1, 0.15) is 0 Å². The lowest BCUT2D eigenvalue weighted by Crippen LogP contribution is -2.43. The highest BCUT2D eigenvalue weighted by atomic mass is 16.5. The molecule has 0 unspecified atom stereocenters. The molecule has 1 N–H and O–H groups in total. The molecule has 0 radical (unpaired) electrons. The fraction of sp³-hybridized carbons (Fsp3) is 0.714. The van der Waals surface area contributed by atoms with Gasteiger partial charge in [0, 0.05) is 25.9 Å². The number of hydrogen-bond donors (Lipinski definition) is 1. The zero-order valence-corrected chi connectivity index (χ0v) is 15.8. The molecule has 2 fully saturated rings. The van der Waals surface area contributed by atoms with E-state index in [2.05, 4.69) is 49.9 Å². The summed E-state index contributed by atoms with van der Waals surface area (Å²) in [6.07, 6.45) is 5.22. The first-order chi connectivity index (χ1) is 11.3. The molecule has 0 aromatic heterocycles. The van der Waals surface area contributed by atoms with Crippen LogP contribution in [-0.4, -0.2) is 37.5 Å². The Morgan fingerprint density at radius 3 is 2.21 bits per heavy atom. The van der Waals surface area contributed by atoms with Gasteiger partial charge in [-0.3, -0.25) is 0 Å². The second-order valence-electron chi connectivity index (χ2n) is 9.13. The summed E-state index contributed by atoms with van der Waals surface area (Å²) in [5.74, 6) is 0. The van der Waals surface area contributed by atoms with Crippen LogP contribution in [-0.2, 0) is 10.2 Å². The van der Waals surface area contributed by atoms with Gasteiger partial charge in [-0.05, 0) is 60.6 Å². The SMILES string of the molecule is COC[C@]1(O)CC[C@]2(CCN(c3ccc(C(C)(C)C)cc3)C2)CC1. The predicted octanol–water partition coefficient (Wildman–Crippen LogP) is 4.13. The van der Waals surface area contributed by atoms with Crippen LogP contribution in [0.3, 0.4) is 0 Å². The van der Waals surface area contributed by atoms with Crippen LogP contribution in [0.2, 0.25) is 0 Å². The van der Waals surface area contributed by atoms with Crippen molar-refractivity contribution < 1.29 is 9.84 Å². The molecule has 1 spiro atoms. The van der Waals surface area contributed by atoms with Gasteiger partial charge in [-0.1, -0.05) is 32.9 Å². The van der Waals surface area contributed by atoms with E-state index in [-0.39, 0.29) is 5.41 Å². The summed E-state index contributed by atoms with van der Waals surface area (Å²) in [5, 5.41) is 10.6. The Morgan fingerprint density at radius 1 is 1.04 bits per heavy atom. The summed E-state index contributed by atoms with van der Waals surface area (Å²) in [4.78, 5) is 2.53. The third-order valence-electron chi connectivity index (χ3n) is 6.19. The standard InChI is InChI=1S/C21H33NO2/c1-19(2,3)17-5-7-18(8-6-17)22-14-13-20(15-22)9-11-21(23,12-10-20)16-24-4/h5-8,23H,9-16H2,1-4H3/t20-,21+. The molecule has 24 heavy (non-hydrogen) atoms. The first-order valence-electron chi connectivity index (χ1n) is 9.32. The molecule has 1 aromatic carbocycles. The van der Waals surface area contributed by atoms with Gasteiger partial charge < -0.3 is 14.7 Å². The third-order valence-corrected chi connectivity index (χ3v) is 6.19. The quantitative estimate of drug-likeness (QED) is 0.904. The molecule has 1 saturated heterocycles. The van der Waals surface area contributed by atoms with Gasteiger partial charge in [-0.15, -0.1) is 0 Å². The van der Waals surface area contributed by atoms with E-state index in [9.17, 15) is 5.11 Å². The van der Waals surface area contributed by atoms with Crippen molar-refractivity contribution >= 4 is 5.69 Å². The second kappa shape index (κ2) is 6.34. The minimum absolute atomic E-state index is 0.208. The Balaban J connectivity index is 1.64. The summed E-state index contributed by atoms with van der Waals surface area (Å²) in [5.41, 5.74) is 2.74. The number of ether oxygens (including phenoxy) is 1. The zero-order valence-electron chi connectivity index (χ0n) is 15.8. The largest absolute Gasteiger partial charge is 0.387 e. The van der Waals surface area contributed by atoms with Crippen molar-refractivity contribution in [3.8, 4) is 0 Å². The van der Waals surface area contributed by atoms with Gasteiger partial charge in [0.25, 0.3) is 0 Å². The number of anilines is 1. The highest BCUT2D eigenvalue weighted by molar-refractivity contribution is 5.50. The van der Waals surface area contributed by atoms with E-state index >= 15 is 0 Å². The van der Waals surface area contributed by atoms with Gasteiger partial charge >= 0.3 is 0 Å². The Bertz CT molecular complexity index is 550. The second-order valence-corrected chi connectivity index (χ2v) is 9.13. The lowest BCUT2D eigenvalue weighted by atomic mass is 9.68. The van der Waals surface area contributed by atoms with Crippen molar-refractivity contribution in [1.82, 2.24) is 0 Å². The smallest absolute Gasteiger partial charge is 0.0880 e. The van der Waals surface area contributed by atoms with E-state index in [4.69, 9.17) is 4.74 Å². The molecule has 1 saturated carbocycles. The van der Waals surface area contributed by atoms with Crippen molar-refractivity contribution in [1.29, 1.82) is 0 Å². The first kappa shape index (κ1) is 17.8. The molecule has 134 valence electrons. The maximum atomic E-state index is 10.6. The molecule has 1 aliphatic carbocycles. The van der Waals surface area contributed by atoms with Gasteiger partial charge in [0.2, 0.25) is 0 Å². The molecular formula is C21H33NO2. The summed E-state index contributed by atoms with van der Waals surface area (Å²) >= 11 is 0. The van der Waals surface area contributed by atoms with Gasteiger partial charge in [0.15, 0.2) is 0 Å². The maximum Gasteiger partial charge on any atom is 0.0880 e. The van der Waals surface area contributed by atoms with Crippen LogP contribution >= 0.6 is 0 Å². The molecule has 2 aliphatic rings. The van der Waals surface area contributed by atoms with Crippen molar-refractivity contribution in [2.24, 2.45) is 5.41 Å². The van der Waals surface area contributed by atoms with Crippen molar-refractivity contribution in [2.75, 3.05) is 31.7 Å². The van der Waals surface area contributed by atoms with Crippen molar-refractivity contribution in [2.45, 2.75) is 63.9 Å². The summed E-state index contributed by atoms with van der Waals surface area (Å²) in [6.45, 7) is 9.52. The predicted molar refractivity (Wildman–Crippen MR) is 99.7 cm³/mol. The molecule has 1 heterocycles. The average Bonchev–Trinajstić information content (AvgIpc) is 2.95. The number of rotatable bonds is 3. The molecule has 3 nitrogen and oxygen atoms in total. The Hall–Kier alpha value is -1.06. The highest BCUT2D eigenvalue weighted by Crippen LogP contribution is 2.47. The Kier molecular flexibility index (Phi) is 4.69. The fourth-order valence-electron chi connectivity index (χ4n) is 4.39. The fourth-order valence-corrected chi connectivity index (χ4v) is 4.39. The summed E-state index contributed by atoms with van der Waals surface area (Å²) in [7, 11) is 1.68. The zero-order chi connectivity index (χ0) is 17.4. The normalized spacial score (nSPS) is 31.0. The number of nitrogens with zero attached hydrogens (tertiary/aromatic N) is 1. The van der Waals surface area contributed by atoms with Crippen LogP contribution < -0.4 is 4.90 Å². The minimum atomic E-state index is -0.595. The van der Waals surface area contributed by atoms with E-state index in [1.165, 1.54) is 17.7 Å². The molecular weight excluding hydrogens is 298 g/mol. The molecule has 1 aromatic rings. The number of methoxy groups -OCH3 is 1. The van der Waals surface area contributed by atoms with Crippen LogP contribution in [0.4, 0.5) is 5.69 Å². The van der Waals surface area contributed by atoms with Gasteiger partial charge in [-0.2, -0.15) is 0 Å². The molecule has 3 rings (SSSR count). The molecule has 1 aliphatic heterocycles. The van der Waals surface area contributed by atoms with Crippen LogP contribution in [0.25, 0.3) is 0 Å². The minimum Gasteiger partial charge on any atom is -0.387 e. The Morgan fingerprint density at radius 2 is 1.67 bits per heavy atom. The number of aliphatic hydroxyl groups is 1. The lowest BCUT2D eigenvalue weighted by Gasteiger charge is -2.41. The van der Waals surface area contributed by atoms with E-state index in [1.54, 1.807) is 7.11 Å².